The molecule has 0 atom stereocenters. The second-order valence-electron chi connectivity index (χ2n) is 4.74. The highest BCUT2D eigenvalue weighted by atomic mass is 16.5. The number of aromatic nitrogens is 5. The molecule has 122 valence electrons. The number of tetrazole rings is 1. The summed E-state index contributed by atoms with van der Waals surface area (Å²) in [6.45, 7) is 2.69. The van der Waals surface area contributed by atoms with Gasteiger partial charge in [-0.15, -0.1) is 5.10 Å². The SMILES string of the molecule is CCOC(=O)CCN(Cc1cccnc1)C(=O)Cn1cnnn1. The smallest absolute Gasteiger partial charge is 0.307 e. The van der Waals surface area contributed by atoms with Crippen molar-refractivity contribution in [3.05, 3.63) is 36.4 Å². The monoisotopic (exact) mass is 318 g/mol. The van der Waals surface area contributed by atoms with E-state index < -0.39 is 0 Å². The van der Waals surface area contributed by atoms with Crippen molar-refractivity contribution in [1.29, 1.82) is 0 Å². The van der Waals surface area contributed by atoms with E-state index >= 15 is 0 Å². The predicted molar refractivity (Wildman–Crippen MR) is 78.7 cm³/mol. The molecule has 0 aliphatic carbocycles. The van der Waals surface area contributed by atoms with Crippen LogP contribution in [0.3, 0.4) is 0 Å². The Hall–Kier alpha value is -2.84. The first-order valence-corrected chi connectivity index (χ1v) is 7.22. The molecule has 23 heavy (non-hydrogen) atoms. The minimum atomic E-state index is -0.334. The quantitative estimate of drug-likeness (QED) is 0.633. The first kappa shape index (κ1) is 16.5. The summed E-state index contributed by atoms with van der Waals surface area (Å²) in [7, 11) is 0. The maximum absolute atomic E-state index is 12.4. The van der Waals surface area contributed by atoms with Gasteiger partial charge in [0.05, 0.1) is 13.0 Å². The van der Waals surface area contributed by atoms with Gasteiger partial charge in [-0.05, 0) is 29.0 Å². The average molecular weight is 318 g/mol. The second-order valence-corrected chi connectivity index (χ2v) is 4.74. The van der Waals surface area contributed by atoms with Crippen LogP contribution < -0.4 is 0 Å². The minimum Gasteiger partial charge on any atom is -0.466 e. The number of rotatable bonds is 8. The normalized spacial score (nSPS) is 10.3. The second kappa shape index (κ2) is 8.57. The third kappa shape index (κ3) is 5.46. The molecule has 2 aromatic heterocycles. The highest BCUT2D eigenvalue weighted by Gasteiger charge is 2.17. The van der Waals surface area contributed by atoms with E-state index in [-0.39, 0.29) is 31.4 Å². The van der Waals surface area contributed by atoms with Crippen LogP contribution in [0.25, 0.3) is 0 Å². The number of hydrogen-bond acceptors (Lipinski definition) is 7. The highest BCUT2D eigenvalue weighted by Crippen LogP contribution is 2.06. The van der Waals surface area contributed by atoms with Crippen LogP contribution in [0.4, 0.5) is 0 Å². The molecule has 0 fully saturated rings. The number of ether oxygens (including phenoxy) is 1. The molecule has 0 radical (unpaired) electrons. The van der Waals surface area contributed by atoms with Crippen LogP contribution in [0.2, 0.25) is 0 Å². The van der Waals surface area contributed by atoms with Gasteiger partial charge in [0.2, 0.25) is 5.91 Å². The molecule has 9 heteroatoms. The Morgan fingerprint density at radius 1 is 1.39 bits per heavy atom. The van der Waals surface area contributed by atoms with Crippen LogP contribution in [0, 0.1) is 0 Å². The van der Waals surface area contributed by atoms with Crippen molar-refractivity contribution in [3.63, 3.8) is 0 Å². The number of nitrogens with zero attached hydrogens (tertiary/aromatic N) is 6. The van der Waals surface area contributed by atoms with Gasteiger partial charge in [0.1, 0.15) is 12.9 Å². The molecule has 0 saturated heterocycles. The molecule has 9 nitrogen and oxygen atoms in total. The Labute approximate surface area is 133 Å². The number of carbonyl (C=O) groups is 2. The van der Waals surface area contributed by atoms with Crippen molar-refractivity contribution in [1.82, 2.24) is 30.1 Å². The summed E-state index contributed by atoms with van der Waals surface area (Å²) in [5.41, 5.74) is 0.876. The van der Waals surface area contributed by atoms with Crippen molar-refractivity contribution in [2.45, 2.75) is 26.4 Å². The minimum absolute atomic E-state index is 0.0100. The molecule has 0 spiro atoms. The molecule has 0 aliphatic heterocycles. The molecule has 0 saturated carbocycles. The molecule has 2 rings (SSSR count). The van der Waals surface area contributed by atoms with Gasteiger partial charge in [-0.2, -0.15) is 0 Å². The van der Waals surface area contributed by atoms with Gasteiger partial charge in [0.15, 0.2) is 0 Å². The lowest BCUT2D eigenvalue weighted by molar-refractivity contribution is -0.144. The van der Waals surface area contributed by atoms with E-state index in [0.717, 1.165) is 5.56 Å². The number of hydrogen-bond donors (Lipinski definition) is 0. The van der Waals surface area contributed by atoms with E-state index in [1.807, 2.05) is 6.07 Å². The lowest BCUT2D eigenvalue weighted by atomic mass is 10.2. The maximum atomic E-state index is 12.4. The summed E-state index contributed by atoms with van der Waals surface area (Å²) in [6, 6.07) is 3.67. The van der Waals surface area contributed by atoms with Gasteiger partial charge in [-0.1, -0.05) is 6.07 Å². The van der Waals surface area contributed by atoms with Crippen LogP contribution in [0.5, 0.6) is 0 Å². The lowest BCUT2D eigenvalue weighted by Gasteiger charge is -2.22. The molecule has 2 aromatic rings. The van der Waals surface area contributed by atoms with Gasteiger partial charge < -0.3 is 9.64 Å². The summed E-state index contributed by atoms with van der Waals surface area (Å²) in [6.07, 6.45) is 4.85. The van der Waals surface area contributed by atoms with Crippen molar-refractivity contribution in [2.24, 2.45) is 0 Å². The van der Waals surface area contributed by atoms with E-state index in [9.17, 15) is 9.59 Å². The fraction of sp³-hybridized carbons (Fsp3) is 0.429. The Morgan fingerprint density at radius 2 is 2.26 bits per heavy atom. The summed E-state index contributed by atoms with van der Waals surface area (Å²) in [4.78, 5) is 29.5. The van der Waals surface area contributed by atoms with Gasteiger partial charge in [-0.25, -0.2) is 4.68 Å². The van der Waals surface area contributed by atoms with Gasteiger partial charge in [0, 0.05) is 25.5 Å². The van der Waals surface area contributed by atoms with Crippen LogP contribution in [-0.2, 0) is 27.4 Å². The molecular weight excluding hydrogens is 300 g/mol. The standard InChI is InChI=1S/C14H18N6O3/c1-2-23-14(22)5-7-19(9-12-4-3-6-15-8-12)13(21)10-20-11-16-17-18-20/h3-4,6,8,11H,2,5,7,9-10H2,1H3. The van der Waals surface area contributed by atoms with E-state index in [1.54, 1.807) is 30.3 Å². The third-order valence-corrected chi connectivity index (χ3v) is 3.03. The van der Waals surface area contributed by atoms with Crippen molar-refractivity contribution < 1.29 is 14.3 Å². The van der Waals surface area contributed by atoms with Crippen LogP contribution in [0.15, 0.2) is 30.9 Å². The molecule has 0 bridgehead atoms. The van der Waals surface area contributed by atoms with Gasteiger partial charge in [-0.3, -0.25) is 14.6 Å². The fourth-order valence-corrected chi connectivity index (χ4v) is 1.95. The topological polar surface area (TPSA) is 103 Å². The molecule has 0 aromatic carbocycles. The Balaban J connectivity index is 2.00. The summed E-state index contributed by atoms with van der Waals surface area (Å²) in [5.74, 6) is -0.524. The Kier molecular flexibility index (Phi) is 6.16. The van der Waals surface area contributed by atoms with E-state index in [4.69, 9.17) is 4.74 Å². The van der Waals surface area contributed by atoms with Crippen molar-refractivity contribution >= 4 is 11.9 Å². The Morgan fingerprint density at radius 3 is 2.91 bits per heavy atom. The zero-order valence-corrected chi connectivity index (χ0v) is 12.8. The molecule has 0 N–H and O–H groups in total. The number of carbonyl (C=O) groups excluding carboxylic acids is 2. The first-order valence-electron chi connectivity index (χ1n) is 7.22. The molecule has 2 heterocycles. The largest absolute Gasteiger partial charge is 0.466 e. The number of amides is 1. The zero-order valence-electron chi connectivity index (χ0n) is 12.8. The zero-order chi connectivity index (χ0) is 16.5. The van der Waals surface area contributed by atoms with E-state index in [1.165, 1.54) is 11.0 Å². The summed E-state index contributed by atoms with van der Waals surface area (Å²) >= 11 is 0. The predicted octanol–water partition coefficient (Wildman–Crippen LogP) is 0.0501. The molecule has 0 unspecified atom stereocenters. The van der Waals surface area contributed by atoms with Gasteiger partial charge >= 0.3 is 5.97 Å². The highest BCUT2D eigenvalue weighted by molar-refractivity contribution is 5.77. The summed E-state index contributed by atoms with van der Waals surface area (Å²) < 4.78 is 6.24. The van der Waals surface area contributed by atoms with Crippen LogP contribution in [-0.4, -0.2) is 55.1 Å². The van der Waals surface area contributed by atoms with Crippen LogP contribution >= 0.6 is 0 Å². The van der Waals surface area contributed by atoms with Crippen molar-refractivity contribution in [3.8, 4) is 0 Å². The van der Waals surface area contributed by atoms with E-state index in [0.29, 0.717) is 13.2 Å². The number of pyridine rings is 1. The van der Waals surface area contributed by atoms with E-state index in [2.05, 4.69) is 20.5 Å². The molecular formula is C14H18N6O3. The van der Waals surface area contributed by atoms with Gasteiger partial charge in [0.25, 0.3) is 0 Å². The lowest BCUT2D eigenvalue weighted by Crippen LogP contribution is -2.35. The molecule has 0 aliphatic rings. The fourth-order valence-electron chi connectivity index (χ4n) is 1.95. The Bertz CT molecular complexity index is 617. The average Bonchev–Trinajstić information content (AvgIpc) is 3.05. The first-order chi connectivity index (χ1) is 11.2. The summed E-state index contributed by atoms with van der Waals surface area (Å²) in [5, 5.41) is 10.7. The number of esters is 1. The third-order valence-electron chi connectivity index (χ3n) is 3.03. The maximum Gasteiger partial charge on any atom is 0.307 e. The van der Waals surface area contributed by atoms with Crippen molar-refractivity contribution in [2.75, 3.05) is 13.2 Å². The van der Waals surface area contributed by atoms with Crippen LogP contribution in [0.1, 0.15) is 18.9 Å². The molecule has 1 amide bonds.